The van der Waals surface area contributed by atoms with Crippen LogP contribution in [0.25, 0.3) is 0 Å². The zero-order valence-electron chi connectivity index (χ0n) is 15.3. The minimum Gasteiger partial charge on any atom is -0.371 e. The second kappa shape index (κ2) is 8.56. The van der Waals surface area contributed by atoms with Gasteiger partial charge in [-0.1, -0.05) is 6.07 Å². The average molecular weight is 353 g/mol. The number of hydrogen-bond acceptors (Lipinski definition) is 6. The SMILES string of the molecule is c1ccc(CO[C@@H]2CCCN(Cc3cnc(N4CCCC4)nc3)C2)nc1. The van der Waals surface area contributed by atoms with E-state index in [4.69, 9.17) is 4.74 Å². The minimum absolute atomic E-state index is 0.274. The highest BCUT2D eigenvalue weighted by Crippen LogP contribution is 2.18. The predicted molar refractivity (Wildman–Crippen MR) is 101 cm³/mol. The molecule has 2 saturated heterocycles. The van der Waals surface area contributed by atoms with Crippen LogP contribution in [0.3, 0.4) is 0 Å². The highest BCUT2D eigenvalue weighted by atomic mass is 16.5. The second-order valence-corrected chi connectivity index (χ2v) is 7.22. The Hall–Kier alpha value is -2.05. The van der Waals surface area contributed by atoms with Crippen LogP contribution in [-0.4, -0.2) is 52.1 Å². The molecule has 2 aliphatic rings. The van der Waals surface area contributed by atoms with Crippen molar-refractivity contribution in [3.63, 3.8) is 0 Å². The van der Waals surface area contributed by atoms with Crippen LogP contribution in [0.4, 0.5) is 5.95 Å². The molecule has 4 rings (SSSR count). The van der Waals surface area contributed by atoms with Crippen LogP contribution in [0.1, 0.15) is 36.9 Å². The summed E-state index contributed by atoms with van der Waals surface area (Å²) in [4.78, 5) is 18.2. The standard InChI is InChI=1S/C20H27N5O/c1-2-8-21-18(6-1)16-26-19-7-5-9-24(15-19)14-17-12-22-20(23-13-17)25-10-3-4-11-25/h1-2,6,8,12-13,19H,3-5,7,9-11,14-16H2/t19-/m1/s1. The summed E-state index contributed by atoms with van der Waals surface area (Å²) >= 11 is 0. The molecule has 0 saturated carbocycles. The van der Waals surface area contributed by atoms with E-state index in [1.54, 1.807) is 0 Å². The zero-order chi connectivity index (χ0) is 17.6. The fourth-order valence-corrected chi connectivity index (χ4v) is 3.75. The van der Waals surface area contributed by atoms with Gasteiger partial charge in [-0.3, -0.25) is 9.88 Å². The molecule has 138 valence electrons. The van der Waals surface area contributed by atoms with E-state index in [0.717, 1.165) is 50.8 Å². The Balaban J connectivity index is 1.27. The van der Waals surface area contributed by atoms with Crippen molar-refractivity contribution in [3.8, 4) is 0 Å². The van der Waals surface area contributed by atoms with E-state index in [1.807, 2.05) is 36.8 Å². The molecule has 2 aliphatic heterocycles. The van der Waals surface area contributed by atoms with Crippen molar-refractivity contribution in [2.45, 2.75) is 44.9 Å². The molecule has 4 heterocycles. The first-order valence-corrected chi connectivity index (χ1v) is 9.66. The maximum atomic E-state index is 6.08. The van der Waals surface area contributed by atoms with Gasteiger partial charge in [0.15, 0.2) is 0 Å². The Labute approximate surface area is 155 Å². The molecule has 0 amide bonds. The zero-order valence-corrected chi connectivity index (χ0v) is 15.3. The van der Waals surface area contributed by atoms with Crippen molar-refractivity contribution >= 4 is 5.95 Å². The highest BCUT2D eigenvalue weighted by molar-refractivity contribution is 5.30. The van der Waals surface area contributed by atoms with Crippen LogP contribution in [0, 0.1) is 0 Å². The number of hydrogen-bond donors (Lipinski definition) is 0. The molecule has 0 spiro atoms. The van der Waals surface area contributed by atoms with Gasteiger partial charge in [-0.05, 0) is 44.4 Å². The largest absolute Gasteiger partial charge is 0.371 e. The first-order chi connectivity index (χ1) is 12.9. The Bertz CT molecular complexity index is 672. The monoisotopic (exact) mass is 353 g/mol. The van der Waals surface area contributed by atoms with Gasteiger partial charge in [-0.25, -0.2) is 9.97 Å². The number of likely N-dealkylation sites (tertiary alicyclic amines) is 1. The van der Waals surface area contributed by atoms with E-state index < -0.39 is 0 Å². The Morgan fingerprint density at radius 1 is 1.00 bits per heavy atom. The third-order valence-electron chi connectivity index (χ3n) is 5.14. The van der Waals surface area contributed by atoms with Crippen LogP contribution in [-0.2, 0) is 17.9 Å². The molecule has 1 atom stereocenters. The summed E-state index contributed by atoms with van der Waals surface area (Å²) in [5.41, 5.74) is 2.17. The van der Waals surface area contributed by atoms with Crippen LogP contribution in [0.2, 0.25) is 0 Å². The quantitative estimate of drug-likeness (QED) is 0.796. The number of ether oxygens (including phenoxy) is 1. The summed E-state index contributed by atoms with van der Waals surface area (Å²) in [5, 5.41) is 0. The summed E-state index contributed by atoms with van der Waals surface area (Å²) in [6.45, 7) is 5.72. The van der Waals surface area contributed by atoms with Crippen molar-refractivity contribution in [1.82, 2.24) is 19.9 Å². The van der Waals surface area contributed by atoms with Gasteiger partial charge in [-0.15, -0.1) is 0 Å². The van der Waals surface area contributed by atoms with E-state index in [2.05, 4.69) is 24.8 Å². The van der Waals surface area contributed by atoms with Crippen LogP contribution < -0.4 is 4.90 Å². The maximum Gasteiger partial charge on any atom is 0.225 e. The molecular weight excluding hydrogens is 326 g/mol. The van der Waals surface area contributed by atoms with Crippen molar-refractivity contribution in [1.29, 1.82) is 0 Å². The number of nitrogens with zero attached hydrogens (tertiary/aromatic N) is 5. The summed E-state index contributed by atoms with van der Waals surface area (Å²) < 4.78 is 6.08. The Morgan fingerprint density at radius 2 is 1.85 bits per heavy atom. The van der Waals surface area contributed by atoms with Gasteiger partial charge in [0.1, 0.15) is 0 Å². The van der Waals surface area contributed by atoms with Gasteiger partial charge < -0.3 is 9.64 Å². The molecule has 0 unspecified atom stereocenters. The molecule has 2 fully saturated rings. The van der Waals surface area contributed by atoms with E-state index in [9.17, 15) is 0 Å². The van der Waals surface area contributed by atoms with Crippen molar-refractivity contribution in [2.24, 2.45) is 0 Å². The number of anilines is 1. The van der Waals surface area contributed by atoms with Crippen LogP contribution >= 0.6 is 0 Å². The number of aromatic nitrogens is 3. The third-order valence-corrected chi connectivity index (χ3v) is 5.14. The molecular formula is C20H27N5O. The molecule has 0 aliphatic carbocycles. The van der Waals surface area contributed by atoms with Gasteiger partial charge in [0.2, 0.25) is 5.95 Å². The van der Waals surface area contributed by atoms with Gasteiger partial charge in [0, 0.05) is 50.3 Å². The summed E-state index contributed by atoms with van der Waals surface area (Å²) in [7, 11) is 0. The first kappa shape index (κ1) is 17.4. The lowest BCUT2D eigenvalue weighted by Crippen LogP contribution is -2.39. The second-order valence-electron chi connectivity index (χ2n) is 7.22. The highest BCUT2D eigenvalue weighted by Gasteiger charge is 2.21. The Morgan fingerprint density at radius 3 is 2.62 bits per heavy atom. The van der Waals surface area contributed by atoms with Gasteiger partial charge in [0.25, 0.3) is 0 Å². The lowest BCUT2D eigenvalue weighted by Gasteiger charge is -2.32. The van der Waals surface area contributed by atoms with E-state index in [0.29, 0.717) is 6.61 Å². The van der Waals surface area contributed by atoms with Crippen molar-refractivity contribution < 1.29 is 4.74 Å². The topological polar surface area (TPSA) is 54.4 Å². The summed E-state index contributed by atoms with van der Waals surface area (Å²) in [6.07, 6.45) is 10.8. The molecule has 6 heteroatoms. The lowest BCUT2D eigenvalue weighted by molar-refractivity contribution is -0.0133. The fraction of sp³-hybridized carbons (Fsp3) is 0.550. The normalized spacial score (nSPS) is 21.2. The smallest absolute Gasteiger partial charge is 0.225 e. The van der Waals surface area contributed by atoms with E-state index >= 15 is 0 Å². The molecule has 0 radical (unpaired) electrons. The molecule has 0 N–H and O–H groups in total. The van der Waals surface area contributed by atoms with Gasteiger partial charge >= 0.3 is 0 Å². The number of pyridine rings is 1. The van der Waals surface area contributed by atoms with Gasteiger partial charge in [0.05, 0.1) is 18.4 Å². The summed E-state index contributed by atoms with van der Waals surface area (Å²) in [6, 6.07) is 5.95. The fourth-order valence-electron chi connectivity index (χ4n) is 3.75. The average Bonchev–Trinajstić information content (AvgIpc) is 3.23. The molecule has 2 aromatic heterocycles. The number of piperidine rings is 1. The van der Waals surface area contributed by atoms with E-state index in [-0.39, 0.29) is 6.10 Å². The summed E-state index contributed by atoms with van der Waals surface area (Å²) in [5.74, 6) is 0.876. The first-order valence-electron chi connectivity index (χ1n) is 9.66. The van der Waals surface area contributed by atoms with Crippen molar-refractivity contribution in [2.75, 3.05) is 31.1 Å². The van der Waals surface area contributed by atoms with Crippen molar-refractivity contribution in [3.05, 3.63) is 48.0 Å². The molecule has 6 nitrogen and oxygen atoms in total. The molecule has 0 bridgehead atoms. The molecule has 2 aromatic rings. The third kappa shape index (κ3) is 4.56. The van der Waals surface area contributed by atoms with Crippen LogP contribution in [0.5, 0.6) is 0 Å². The van der Waals surface area contributed by atoms with E-state index in [1.165, 1.54) is 24.8 Å². The lowest BCUT2D eigenvalue weighted by atomic mass is 10.1. The Kier molecular flexibility index (Phi) is 5.72. The van der Waals surface area contributed by atoms with Gasteiger partial charge in [-0.2, -0.15) is 0 Å². The maximum absolute atomic E-state index is 6.08. The predicted octanol–water partition coefficient (Wildman–Crippen LogP) is 2.65. The molecule has 0 aromatic carbocycles. The molecule has 26 heavy (non-hydrogen) atoms. The van der Waals surface area contributed by atoms with Crippen LogP contribution in [0.15, 0.2) is 36.8 Å². The minimum atomic E-state index is 0.274. The number of rotatable bonds is 6.